The summed E-state index contributed by atoms with van der Waals surface area (Å²) < 4.78 is 0.960. The number of carbonyl (C=O) groups excluding carboxylic acids is 2. The van der Waals surface area contributed by atoms with Gasteiger partial charge in [0.15, 0.2) is 0 Å². The number of amides is 2. The van der Waals surface area contributed by atoms with Crippen molar-refractivity contribution in [1.82, 2.24) is 10.2 Å². The van der Waals surface area contributed by atoms with E-state index < -0.39 is 0 Å². The van der Waals surface area contributed by atoms with Gasteiger partial charge in [-0.1, -0.05) is 22.0 Å². The molecule has 1 saturated carbocycles. The first kappa shape index (κ1) is 17.9. The first-order valence-electron chi connectivity index (χ1n) is 7.88. The number of nitrogens with zero attached hydrogens (tertiary/aromatic N) is 1. The number of benzene rings is 1. The van der Waals surface area contributed by atoms with E-state index in [1.165, 1.54) is 0 Å². The second-order valence-electron chi connectivity index (χ2n) is 6.35. The number of hydrogen-bond donors (Lipinski definition) is 2. The van der Waals surface area contributed by atoms with Gasteiger partial charge in [-0.3, -0.25) is 9.59 Å². The van der Waals surface area contributed by atoms with Crippen LogP contribution in [0.25, 0.3) is 0 Å². The predicted octanol–water partition coefficient (Wildman–Crippen LogP) is 2.40. The Labute approximate surface area is 145 Å². The van der Waals surface area contributed by atoms with Gasteiger partial charge in [-0.2, -0.15) is 0 Å². The molecule has 23 heavy (non-hydrogen) atoms. The largest absolute Gasteiger partial charge is 0.356 e. The predicted molar refractivity (Wildman–Crippen MR) is 95.3 cm³/mol. The maximum absolute atomic E-state index is 12.2. The third-order valence-corrected chi connectivity index (χ3v) is 4.84. The lowest BCUT2D eigenvalue weighted by molar-refractivity contribution is -0.125. The number of anilines is 1. The van der Waals surface area contributed by atoms with Gasteiger partial charge in [0.05, 0.1) is 11.8 Å². The fourth-order valence-electron chi connectivity index (χ4n) is 2.42. The van der Waals surface area contributed by atoms with Crippen LogP contribution in [0.2, 0.25) is 0 Å². The standard InChI is InChI=1S/C17H24BrN3O2/c1-11-5-6-12(9-15(11)18)20-17(23)14-10-13(14)16(22)19-7-4-8-21(2)3/h5-6,9,13-14H,4,7-8,10H2,1-3H3,(H,19,22)(H,20,23). The second-order valence-corrected chi connectivity index (χ2v) is 7.20. The minimum absolute atomic E-state index is 0.00556. The molecule has 1 aromatic carbocycles. The van der Waals surface area contributed by atoms with Crippen molar-refractivity contribution >= 4 is 33.4 Å². The van der Waals surface area contributed by atoms with E-state index in [4.69, 9.17) is 0 Å². The van der Waals surface area contributed by atoms with E-state index in [0.717, 1.165) is 28.7 Å². The van der Waals surface area contributed by atoms with E-state index in [1.807, 2.05) is 39.2 Å². The lowest BCUT2D eigenvalue weighted by Crippen LogP contribution is -2.30. The van der Waals surface area contributed by atoms with Gasteiger partial charge >= 0.3 is 0 Å². The highest BCUT2D eigenvalue weighted by Gasteiger charge is 2.47. The van der Waals surface area contributed by atoms with Crippen LogP contribution in [-0.4, -0.2) is 43.9 Å². The molecule has 1 aliphatic carbocycles. The molecule has 2 atom stereocenters. The Morgan fingerprint density at radius 2 is 1.96 bits per heavy atom. The molecule has 1 aliphatic rings. The molecule has 2 rings (SSSR count). The summed E-state index contributed by atoms with van der Waals surface area (Å²) in [6.07, 6.45) is 1.55. The number of halogens is 1. The summed E-state index contributed by atoms with van der Waals surface area (Å²) in [5.41, 5.74) is 1.87. The summed E-state index contributed by atoms with van der Waals surface area (Å²) in [7, 11) is 4.01. The minimum Gasteiger partial charge on any atom is -0.356 e. The molecule has 2 amide bonds. The zero-order valence-electron chi connectivity index (χ0n) is 13.9. The fraction of sp³-hybridized carbons (Fsp3) is 0.529. The molecule has 0 aliphatic heterocycles. The highest BCUT2D eigenvalue weighted by atomic mass is 79.9. The molecule has 1 aromatic rings. The van der Waals surface area contributed by atoms with E-state index in [-0.39, 0.29) is 23.7 Å². The number of nitrogens with one attached hydrogen (secondary N) is 2. The highest BCUT2D eigenvalue weighted by Crippen LogP contribution is 2.39. The molecule has 0 radical (unpaired) electrons. The van der Waals surface area contributed by atoms with Gasteiger partial charge in [0.2, 0.25) is 11.8 Å². The molecule has 6 heteroatoms. The first-order valence-corrected chi connectivity index (χ1v) is 8.67. The van der Waals surface area contributed by atoms with Crippen LogP contribution in [0.4, 0.5) is 5.69 Å². The lowest BCUT2D eigenvalue weighted by Gasteiger charge is -2.10. The van der Waals surface area contributed by atoms with Crippen molar-refractivity contribution in [1.29, 1.82) is 0 Å². The molecule has 5 nitrogen and oxygen atoms in total. The fourth-order valence-corrected chi connectivity index (χ4v) is 2.80. The quantitative estimate of drug-likeness (QED) is 0.712. The molecule has 0 spiro atoms. The molecule has 0 aromatic heterocycles. The van der Waals surface area contributed by atoms with Crippen molar-refractivity contribution < 1.29 is 9.59 Å². The van der Waals surface area contributed by atoms with E-state index in [2.05, 4.69) is 31.5 Å². The van der Waals surface area contributed by atoms with Gasteiger partial charge in [0.1, 0.15) is 0 Å². The smallest absolute Gasteiger partial charge is 0.228 e. The van der Waals surface area contributed by atoms with E-state index in [0.29, 0.717) is 13.0 Å². The Kier molecular flexibility index (Phi) is 6.18. The Bertz CT molecular complexity index is 589. The molecule has 0 saturated heterocycles. The maximum atomic E-state index is 12.2. The number of carbonyl (C=O) groups is 2. The van der Waals surface area contributed by atoms with Crippen LogP contribution in [-0.2, 0) is 9.59 Å². The van der Waals surface area contributed by atoms with Crippen molar-refractivity contribution in [2.24, 2.45) is 11.8 Å². The Morgan fingerprint density at radius 1 is 1.26 bits per heavy atom. The van der Waals surface area contributed by atoms with E-state index in [9.17, 15) is 9.59 Å². The zero-order chi connectivity index (χ0) is 17.0. The molecule has 1 fully saturated rings. The third kappa shape index (κ3) is 5.32. The second kappa shape index (κ2) is 7.93. The summed E-state index contributed by atoms with van der Waals surface area (Å²) in [5.74, 6) is -0.463. The van der Waals surface area contributed by atoms with Crippen molar-refractivity contribution in [3.63, 3.8) is 0 Å². The Balaban J connectivity index is 1.75. The first-order chi connectivity index (χ1) is 10.9. The average molecular weight is 382 g/mol. The Morgan fingerprint density at radius 3 is 2.61 bits per heavy atom. The highest BCUT2D eigenvalue weighted by molar-refractivity contribution is 9.10. The summed E-state index contributed by atoms with van der Waals surface area (Å²) in [6, 6.07) is 5.70. The molecule has 0 heterocycles. The summed E-state index contributed by atoms with van der Waals surface area (Å²) in [5, 5.41) is 5.80. The van der Waals surface area contributed by atoms with Gasteiger partial charge in [-0.25, -0.2) is 0 Å². The van der Waals surface area contributed by atoms with Crippen molar-refractivity contribution in [2.45, 2.75) is 19.8 Å². The van der Waals surface area contributed by atoms with Crippen LogP contribution < -0.4 is 10.6 Å². The number of hydrogen-bond acceptors (Lipinski definition) is 3. The van der Waals surface area contributed by atoms with E-state index >= 15 is 0 Å². The van der Waals surface area contributed by atoms with Crippen molar-refractivity contribution in [3.8, 4) is 0 Å². The lowest BCUT2D eigenvalue weighted by atomic mass is 10.2. The van der Waals surface area contributed by atoms with Gasteiger partial charge < -0.3 is 15.5 Å². The summed E-state index contributed by atoms with van der Waals surface area (Å²) >= 11 is 3.45. The number of rotatable bonds is 7. The molecular weight excluding hydrogens is 358 g/mol. The van der Waals surface area contributed by atoms with Crippen LogP contribution >= 0.6 is 15.9 Å². The molecular formula is C17H24BrN3O2. The maximum Gasteiger partial charge on any atom is 0.228 e. The zero-order valence-corrected chi connectivity index (χ0v) is 15.4. The van der Waals surface area contributed by atoms with Gasteiger partial charge in [-0.05, 0) is 58.1 Å². The Hall–Kier alpha value is -1.40. The normalized spacial score (nSPS) is 19.5. The van der Waals surface area contributed by atoms with Crippen LogP contribution in [0.5, 0.6) is 0 Å². The topological polar surface area (TPSA) is 61.4 Å². The minimum atomic E-state index is -0.205. The molecule has 0 bridgehead atoms. The monoisotopic (exact) mass is 381 g/mol. The molecule has 126 valence electrons. The average Bonchev–Trinajstić information content (AvgIpc) is 3.27. The molecule has 2 unspecified atom stereocenters. The van der Waals surface area contributed by atoms with Gasteiger partial charge in [0, 0.05) is 16.7 Å². The summed E-state index contributed by atoms with van der Waals surface area (Å²) in [4.78, 5) is 26.3. The third-order valence-electron chi connectivity index (χ3n) is 3.98. The van der Waals surface area contributed by atoms with Crippen molar-refractivity contribution in [3.05, 3.63) is 28.2 Å². The van der Waals surface area contributed by atoms with Crippen LogP contribution in [0.15, 0.2) is 22.7 Å². The van der Waals surface area contributed by atoms with Gasteiger partial charge in [0.25, 0.3) is 0 Å². The SMILES string of the molecule is Cc1ccc(NC(=O)C2CC2C(=O)NCCCN(C)C)cc1Br. The van der Waals surface area contributed by atoms with E-state index in [1.54, 1.807) is 0 Å². The molecule has 2 N–H and O–H groups in total. The van der Waals surface area contributed by atoms with Crippen molar-refractivity contribution in [2.75, 3.05) is 32.5 Å². The summed E-state index contributed by atoms with van der Waals surface area (Å²) in [6.45, 7) is 3.59. The van der Waals surface area contributed by atoms with Crippen LogP contribution in [0.3, 0.4) is 0 Å². The van der Waals surface area contributed by atoms with Gasteiger partial charge in [-0.15, -0.1) is 0 Å². The number of aryl methyl sites for hydroxylation is 1. The van der Waals surface area contributed by atoms with Crippen LogP contribution in [0, 0.1) is 18.8 Å². The van der Waals surface area contributed by atoms with Crippen LogP contribution in [0.1, 0.15) is 18.4 Å².